The molecule has 1 saturated heterocycles. The predicted molar refractivity (Wildman–Crippen MR) is 106 cm³/mol. The number of carbonyl (C=O) groups excluding carboxylic acids is 3. The summed E-state index contributed by atoms with van der Waals surface area (Å²) in [4.78, 5) is 40.2. The van der Waals surface area contributed by atoms with Crippen molar-refractivity contribution in [2.24, 2.45) is 0 Å². The Morgan fingerprint density at radius 3 is 2.61 bits per heavy atom. The van der Waals surface area contributed by atoms with Crippen molar-refractivity contribution in [3.8, 4) is 0 Å². The van der Waals surface area contributed by atoms with Gasteiger partial charge in [0, 0.05) is 36.3 Å². The third-order valence-electron chi connectivity index (χ3n) is 5.24. The van der Waals surface area contributed by atoms with E-state index >= 15 is 0 Å². The maximum absolute atomic E-state index is 13.0. The molecule has 28 heavy (non-hydrogen) atoms. The molecule has 0 bridgehead atoms. The number of nitrogens with zero attached hydrogens (tertiary/aromatic N) is 2. The molecule has 2 aromatic rings. The highest BCUT2D eigenvalue weighted by molar-refractivity contribution is 6.30. The molecule has 2 aliphatic rings. The first-order valence-corrected chi connectivity index (χ1v) is 9.55. The van der Waals surface area contributed by atoms with E-state index in [4.69, 9.17) is 11.6 Å². The largest absolute Gasteiger partial charge is 0.332 e. The van der Waals surface area contributed by atoms with Crippen LogP contribution in [0.4, 0.5) is 5.69 Å². The Morgan fingerprint density at radius 2 is 1.89 bits per heavy atom. The van der Waals surface area contributed by atoms with Crippen LogP contribution in [0.3, 0.4) is 0 Å². The Morgan fingerprint density at radius 1 is 1.14 bits per heavy atom. The third kappa shape index (κ3) is 3.47. The second-order valence-corrected chi connectivity index (χ2v) is 7.58. The number of carbonyl (C=O) groups is 3. The Hall–Kier alpha value is -2.86. The minimum Gasteiger partial charge on any atom is -0.332 e. The van der Waals surface area contributed by atoms with Crippen molar-refractivity contribution in [2.45, 2.75) is 19.4 Å². The van der Waals surface area contributed by atoms with E-state index in [1.807, 2.05) is 23.1 Å². The highest BCUT2D eigenvalue weighted by Gasteiger charge is 2.38. The number of nitrogens with one attached hydrogen (secondary N) is 1. The molecule has 7 heteroatoms. The third-order valence-corrected chi connectivity index (χ3v) is 5.48. The van der Waals surface area contributed by atoms with Gasteiger partial charge in [-0.2, -0.15) is 0 Å². The fourth-order valence-corrected chi connectivity index (χ4v) is 4.11. The Kier molecular flexibility index (Phi) is 4.81. The van der Waals surface area contributed by atoms with E-state index in [1.165, 1.54) is 12.5 Å². The van der Waals surface area contributed by atoms with Crippen molar-refractivity contribution in [3.63, 3.8) is 0 Å². The number of fused-ring (bicyclic) bond motifs is 3. The number of rotatable bonds is 2. The first kappa shape index (κ1) is 18.5. The van der Waals surface area contributed by atoms with Crippen LogP contribution in [0.25, 0.3) is 0 Å². The molecule has 1 N–H and O–H groups in total. The second-order valence-electron chi connectivity index (χ2n) is 7.14. The fourth-order valence-electron chi connectivity index (χ4n) is 3.93. The van der Waals surface area contributed by atoms with E-state index in [-0.39, 0.29) is 30.3 Å². The molecule has 0 saturated carbocycles. The van der Waals surface area contributed by atoms with E-state index in [1.54, 1.807) is 29.2 Å². The Labute approximate surface area is 168 Å². The van der Waals surface area contributed by atoms with Gasteiger partial charge in [-0.25, -0.2) is 0 Å². The average Bonchev–Trinajstić information content (AvgIpc) is 2.67. The van der Waals surface area contributed by atoms with Gasteiger partial charge in [-0.05, 0) is 53.9 Å². The molecule has 3 amide bonds. The van der Waals surface area contributed by atoms with Crippen LogP contribution >= 0.6 is 11.6 Å². The summed E-state index contributed by atoms with van der Waals surface area (Å²) in [6.45, 7) is 2.59. The molecule has 2 aromatic carbocycles. The highest BCUT2D eigenvalue weighted by Crippen LogP contribution is 2.35. The summed E-state index contributed by atoms with van der Waals surface area (Å²) in [5.41, 5.74) is 3.30. The Balaban J connectivity index is 1.57. The molecular weight excluding hydrogens is 378 g/mol. The van der Waals surface area contributed by atoms with E-state index in [0.717, 1.165) is 12.0 Å². The number of halogens is 1. The van der Waals surface area contributed by atoms with E-state index in [9.17, 15) is 14.4 Å². The van der Waals surface area contributed by atoms with Gasteiger partial charge >= 0.3 is 0 Å². The summed E-state index contributed by atoms with van der Waals surface area (Å²) < 4.78 is 0. The number of hydrogen-bond donors (Lipinski definition) is 1. The first-order valence-electron chi connectivity index (χ1n) is 9.17. The zero-order chi connectivity index (χ0) is 19.8. The molecule has 4 rings (SSSR count). The summed E-state index contributed by atoms with van der Waals surface area (Å²) in [5, 5.41) is 3.30. The van der Waals surface area contributed by atoms with Gasteiger partial charge in [-0.15, -0.1) is 0 Å². The van der Waals surface area contributed by atoms with Crippen LogP contribution in [0.5, 0.6) is 0 Å². The lowest BCUT2D eigenvalue weighted by atomic mass is 9.90. The molecule has 144 valence electrons. The van der Waals surface area contributed by atoms with Gasteiger partial charge in [0.15, 0.2) is 0 Å². The normalized spacial score (nSPS) is 18.4. The van der Waals surface area contributed by atoms with Gasteiger partial charge < -0.3 is 15.1 Å². The van der Waals surface area contributed by atoms with Gasteiger partial charge in [0.25, 0.3) is 5.91 Å². The zero-order valence-corrected chi connectivity index (χ0v) is 16.2. The highest BCUT2D eigenvalue weighted by atomic mass is 35.5. The van der Waals surface area contributed by atoms with Crippen molar-refractivity contribution in [1.29, 1.82) is 0 Å². The quantitative estimate of drug-likeness (QED) is 0.847. The lowest BCUT2D eigenvalue weighted by Gasteiger charge is -2.44. The second kappa shape index (κ2) is 7.28. The SMILES string of the molecule is CC(=O)Nc1ccc(C(=O)N2CC(=O)N3CCc4ccc(Cl)cc4[C@@H]3C2)cc1. The molecule has 0 unspecified atom stereocenters. The van der Waals surface area contributed by atoms with Crippen LogP contribution < -0.4 is 5.32 Å². The van der Waals surface area contributed by atoms with Gasteiger partial charge in [-0.3, -0.25) is 14.4 Å². The molecular formula is C21H20ClN3O3. The molecule has 2 aliphatic heterocycles. The van der Waals surface area contributed by atoms with Crippen LogP contribution in [0.15, 0.2) is 42.5 Å². The molecule has 0 aliphatic carbocycles. The van der Waals surface area contributed by atoms with Crippen molar-refractivity contribution in [1.82, 2.24) is 9.80 Å². The lowest BCUT2D eigenvalue weighted by Crippen LogP contribution is -2.55. The molecule has 1 atom stereocenters. The maximum Gasteiger partial charge on any atom is 0.254 e. The smallest absolute Gasteiger partial charge is 0.254 e. The lowest BCUT2D eigenvalue weighted by molar-refractivity contribution is -0.139. The van der Waals surface area contributed by atoms with E-state index in [0.29, 0.717) is 29.4 Å². The van der Waals surface area contributed by atoms with Crippen LogP contribution in [0.2, 0.25) is 5.02 Å². The topological polar surface area (TPSA) is 69.7 Å². The van der Waals surface area contributed by atoms with Crippen molar-refractivity contribution in [3.05, 3.63) is 64.2 Å². The molecule has 0 radical (unpaired) electrons. The summed E-state index contributed by atoms with van der Waals surface area (Å²) in [6, 6.07) is 12.3. The standard InChI is InChI=1S/C21H20ClN3O3/c1-13(26)23-17-6-3-15(4-7-17)21(28)24-11-19-18-10-16(22)5-2-14(18)8-9-25(19)20(27)12-24/h2-7,10,19H,8-9,11-12H2,1H3,(H,23,26)/t19-/m0/s1. The Bertz CT molecular complexity index is 958. The fraction of sp³-hybridized carbons (Fsp3) is 0.286. The molecule has 2 heterocycles. The molecule has 1 fully saturated rings. The van der Waals surface area contributed by atoms with E-state index in [2.05, 4.69) is 5.32 Å². The maximum atomic E-state index is 13.0. The number of anilines is 1. The van der Waals surface area contributed by atoms with Gasteiger partial charge in [0.2, 0.25) is 11.8 Å². The molecule has 0 aromatic heterocycles. The molecule has 0 spiro atoms. The summed E-state index contributed by atoms with van der Waals surface area (Å²) in [6.07, 6.45) is 0.799. The van der Waals surface area contributed by atoms with Crippen LogP contribution in [-0.2, 0) is 16.0 Å². The summed E-state index contributed by atoms with van der Waals surface area (Å²) in [7, 11) is 0. The number of piperazine rings is 1. The minimum atomic E-state index is -0.198. The first-order chi connectivity index (χ1) is 13.4. The molecule has 6 nitrogen and oxygen atoms in total. The van der Waals surface area contributed by atoms with Crippen molar-refractivity contribution in [2.75, 3.05) is 25.0 Å². The monoisotopic (exact) mass is 397 g/mol. The number of benzene rings is 2. The zero-order valence-electron chi connectivity index (χ0n) is 15.4. The number of hydrogen-bond acceptors (Lipinski definition) is 3. The van der Waals surface area contributed by atoms with Gasteiger partial charge in [-0.1, -0.05) is 17.7 Å². The summed E-state index contributed by atoms with van der Waals surface area (Å²) in [5.74, 6) is -0.419. The van der Waals surface area contributed by atoms with Crippen LogP contribution in [0.1, 0.15) is 34.5 Å². The van der Waals surface area contributed by atoms with Crippen LogP contribution in [-0.4, -0.2) is 47.2 Å². The minimum absolute atomic E-state index is 0.0508. The predicted octanol–water partition coefficient (Wildman–Crippen LogP) is 2.88. The van der Waals surface area contributed by atoms with Crippen LogP contribution in [0, 0.1) is 0 Å². The number of amides is 3. The van der Waals surface area contributed by atoms with E-state index < -0.39 is 0 Å². The van der Waals surface area contributed by atoms with Gasteiger partial charge in [0.05, 0.1) is 6.04 Å². The summed E-state index contributed by atoms with van der Waals surface area (Å²) >= 11 is 6.18. The van der Waals surface area contributed by atoms with Crippen molar-refractivity contribution < 1.29 is 14.4 Å². The average molecular weight is 398 g/mol. The van der Waals surface area contributed by atoms with Crippen molar-refractivity contribution >= 4 is 35.0 Å². The van der Waals surface area contributed by atoms with Gasteiger partial charge in [0.1, 0.15) is 6.54 Å².